The third-order valence-corrected chi connectivity index (χ3v) is 3.73. The van der Waals surface area contributed by atoms with Gasteiger partial charge in [0.2, 0.25) is 0 Å². The van der Waals surface area contributed by atoms with E-state index >= 15 is 0 Å². The highest BCUT2D eigenvalue weighted by Crippen LogP contribution is 2.31. The molecule has 0 fully saturated rings. The molecule has 2 N–H and O–H groups in total. The highest BCUT2D eigenvalue weighted by Gasteiger charge is 2.21. The summed E-state index contributed by atoms with van der Waals surface area (Å²) in [6, 6.07) is 3.94. The van der Waals surface area contributed by atoms with Gasteiger partial charge >= 0.3 is 0 Å². The van der Waals surface area contributed by atoms with E-state index in [-0.39, 0.29) is 5.92 Å². The molecule has 1 heterocycles. The zero-order valence-corrected chi connectivity index (χ0v) is 11.6. The molecule has 2 rings (SSSR count). The van der Waals surface area contributed by atoms with Crippen LogP contribution in [0.3, 0.4) is 0 Å². The fourth-order valence-electron chi connectivity index (χ4n) is 1.72. The van der Waals surface area contributed by atoms with Crippen molar-refractivity contribution in [3.63, 3.8) is 0 Å². The van der Waals surface area contributed by atoms with Crippen molar-refractivity contribution in [2.75, 3.05) is 0 Å². The standard InChI is InChI=1S/C12H13ClFN3S/c1-6(2)11-12(18-17-16-11)10(15)8-4-3-7(13)5-9(8)14/h3-6,10H,15H2,1-2H3. The summed E-state index contributed by atoms with van der Waals surface area (Å²) in [6.45, 7) is 4.01. The SMILES string of the molecule is CC(C)c1nnsc1C(N)c1ccc(Cl)cc1F. The van der Waals surface area contributed by atoms with E-state index in [0.717, 1.165) is 10.6 Å². The summed E-state index contributed by atoms with van der Waals surface area (Å²) >= 11 is 6.93. The second kappa shape index (κ2) is 5.30. The quantitative estimate of drug-likeness (QED) is 0.939. The molecule has 0 radical (unpaired) electrons. The summed E-state index contributed by atoms with van der Waals surface area (Å²) < 4.78 is 17.7. The van der Waals surface area contributed by atoms with Crippen molar-refractivity contribution in [3.05, 3.63) is 45.2 Å². The van der Waals surface area contributed by atoms with Crippen molar-refractivity contribution in [2.24, 2.45) is 5.73 Å². The minimum atomic E-state index is -0.556. The number of halogens is 2. The van der Waals surface area contributed by atoms with Crippen LogP contribution in [-0.2, 0) is 0 Å². The van der Waals surface area contributed by atoms with Crippen LogP contribution in [0.15, 0.2) is 18.2 Å². The van der Waals surface area contributed by atoms with Gasteiger partial charge in [0.1, 0.15) is 5.82 Å². The van der Waals surface area contributed by atoms with E-state index in [1.807, 2.05) is 13.8 Å². The van der Waals surface area contributed by atoms with E-state index in [4.69, 9.17) is 17.3 Å². The normalized spacial score (nSPS) is 13.0. The van der Waals surface area contributed by atoms with Gasteiger partial charge in [0.05, 0.1) is 16.6 Å². The Bertz CT molecular complexity index is 556. The van der Waals surface area contributed by atoms with Crippen LogP contribution in [0, 0.1) is 5.82 Å². The minimum Gasteiger partial charge on any atom is -0.319 e. The predicted molar refractivity (Wildman–Crippen MR) is 71.4 cm³/mol. The van der Waals surface area contributed by atoms with E-state index in [1.165, 1.54) is 17.6 Å². The van der Waals surface area contributed by atoms with Crippen molar-refractivity contribution >= 4 is 23.1 Å². The van der Waals surface area contributed by atoms with Crippen LogP contribution in [0.1, 0.15) is 41.9 Å². The Balaban J connectivity index is 2.41. The summed E-state index contributed by atoms with van der Waals surface area (Å²) in [5.74, 6) is -0.196. The molecule has 3 nitrogen and oxygen atoms in total. The zero-order chi connectivity index (χ0) is 13.3. The average molecular weight is 286 g/mol. The van der Waals surface area contributed by atoms with Gasteiger partial charge in [-0.25, -0.2) is 4.39 Å². The van der Waals surface area contributed by atoms with Gasteiger partial charge in [-0.1, -0.05) is 36.0 Å². The zero-order valence-electron chi connectivity index (χ0n) is 10.0. The smallest absolute Gasteiger partial charge is 0.129 e. The van der Waals surface area contributed by atoms with Crippen molar-refractivity contribution in [1.82, 2.24) is 9.59 Å². The van der Waals surface area contributed by atoms with Crippen LogP contribution in [0.25, 0.3) is 0 Å². The molecule has 96 valence electrons. The van der Waals surface area contributed by atoms with Gasteiger partial charge in [-0.15, -0.1) is 5.10 Å². The Hall–Kier alpha value is -1.04. The lowest BCUT2D eigenvalue weighted by molar-refractivity contribution is 0.599. The van der Waals surface area contributed by atoms with Gasteiger partial charge in [-0.2, -0.15) is 0 Å². The van der Waals surface area contributed by atoms with Gasteiger partial charge in [0, 0.05) is 10.6 Å². The number of nitrogens with two attached hydrogens (primary N) is 1. The monoisotopic (exact) mass is 285 g/mol. The molecule has 1 unspecified atom stereocenters. The average Bonchev–Trinajstić information content (AvgIpc) is 2.77. The van der Waals surface area contributed by atoms with Crippen LogP contribution in [-0.4, -0.2) is 9.59 Å². The molecule has 0 aliphatic heterocycles. The molecule has 1 aromatic carbocycles. The van der Waals surface area contributed by atoms with Crippen molar-refractivity contribution < 1.29 is 4.39 Å². The molecule has 0 aliphatic rings. The fourth-order valence-corrected chi connectivity index (χ4v) is 2.70. The van der Waals surface area contributed by atoms with Crippen LogP contribution >= 0.6 is 23.1 Å². The van der Waals surface area contributed by atoms with Crippen LogP contribution in [0.4, 0.5) is 4.39 Å². The lowest BCUT2D eigenvalue weighted by atomic mass is 10.0. The Morgan fingerprint density at radius 2 is 2.11 bits per heavy atom. The summed E-state index contributed by atoms with van der Waals surface area (Å²) in [7, 11) is 0. The Morgan fingerprint density at radius 1 is 1.39 bits per heavy atom. The van der Waals surface area contributed by atoms with Crippen LogP contribution in [0.5, 0.6) is 0 Å². The second-order valence-electron chi connectivity index (χ2n) is 4.32. The Labute approximate surface area is 114 Å². The van der Waals surface area contributed by atoms with Crippen molar-refractivity contribution in [2.45, 2.75) is 25.8 Å². The van der Waals surface area contributed by atoms with Crippen molar-refractivity contribution in [3.8, 4) is 0 Å². The van der Waals surface area contributed by atoms with Gasteiger partial charge in [0.25, 0.3) is 0 Å². The molecule has 0 saturated carbocycles. The topological polar surface area (TPSA) is 51.8 Å². The van der Waals surface area contributed by atoms with Gasteiger partial charge < -0.3 is 5.73 Å². The highest BCUT2D eigenvalue weighted by atomic mass is 35.5. The lowest BCUT2D eigenvalue weighted by Crippen LogP contribution is -2.14. The van der Waals surface area contributed by atoms with E-state index < -0.39 is 11.9 Å². The third-order valence-electron chi connectivity index (χ3n) is 2.67. The first-order valence-electron chi connectivity index (χ1n) is 5.53. The number of aromatic nitrogens is 2. The number of rotatable bonds is 3. The van der Waals surface area contributed by atoms with Gasteiger partial charge in [-0.05, 0) is 29.6 Å². The maximum absolute atomic E-state index is 13.8. The van der Waals surface area contributed by atoms with Crippen LogP contribution in [0.2, 0.25) is 5.02 Å². The molecule has 0 amide bonds. The largest absolute Gasteiger partial charge is 0.319 e. The number of benzene rings is 1. The Morgan fingerprint density at radius 3 is 2.72 bits per heavy atom. The highest BCUT2D eigenvalue weighted by molar-refractivity contribution is 7.05. The molecule has 6 heteroatoms. The predicted octanol–water partition coefficient (Wildman–Crippen LogP) is 3.50. The summed E-state index contributed by atoms with van der Waals surface area (Å²) in [6.07, 6.45) is 0. The number of hydrogen-bond donors (Lipinski definition) is 1. The maximum atomic E-state index is 13.8. The summed E-state index contributed by atoms with van der Waals surface area (Å²) in [5, 5.41) is 4.41. The van der Waals surface area contributed by atoms with E-state index in [1.54, 1.807) is 12.1 Å². The van der Waals surface area contributed by atoms with Gasteiger partial charge in [0.15, 0.2) is 0 Å². The first-order valence-corrected chi connectivity index (χ1v) is 6.68. The molecule has 0 saturated heterocycles. The molecule has 18 heavy (non-hydrogen) atoms. The van der Waals surface area contributed by atoms with E-state index in [2.05, 4.69) is 9.59 Å². The van der Waals surface area contributed by atoms with E-state index in [0.29, 0.717) is 10.6 Å². The molecule has 0 aliphatic carbocycles. The first-order chi connectivity index (χ1) is 8.50. The molecule has 2 aromatic rings. The van der Waals surface area contributed by atoms with Gasteiger partial charge in [-0.3, -0.25) is 0 Å². The molecular weight excluding hydrogens is 273 g/mol. The minimum absolute atomic E-state index is 0.208. The lowest BCUT2D eigenvalue weighted by Gasteiger charge is -2.13. The Kier molecular flexibility index (Phi) is 3.94. The molecule has 0 spiro atoms. The molecular formula is C12H13ClFN3S. The number of hydrogen-bond acceptors (Lipinski definition) is 4. The molecule has 1 atom stereocenters. The number of nitrogens with zero attached hydrogens (tertiary/aromatic N) is 2. The third kappa shape index (κ3) is 2.53. The molecule has 1 aromatic heterocycles. The van der Waals surface area contributed by atoms with Crippen molar-refractivity contribution in [1.29, 1.82) is 0 Å². The first kappa shape index (κ1) is 13.4. The van der Waals surface area contributed by atoms with Crippen LogP contribution < -0.4 is 5.73 Å². The maximum Gasteiger partial charge on any atom is 0.129 e. The fraction of sp³-hybridized carbons (Fsp3) is 0.333. The van der Waals surface area contributed by atoms with E-state index in [9.17, 15) is 4.39 Å². The summed E-state index contributed by atoms with van der Waals surface area (Å²) in [5.41, 5.74) is 7.33. The summed E-state index contributed by atoms with van der Waals surface area (Å²) in [4.78, 5) is 0.797. The second-order valence-corrected chi connectivity index (χ2v) is 5.54. The molecule has 0 bridgehead atoms.